The highest BCUT2D eigenvalue weighted by molar-refractivity contribution is 8.00. The van der Waals surface area contributed by atoms with Crippen LogP contribution >= 0.6 is 11.8 Å². The van der Waals surface area contributed by atoms with Gasteiger partial charge in [0.05, 0.1) is 25.1 Å². The minimum absolute atomic E-state index is 0.0659. The van der Waals surface area contributed by atoms with Gasteiger partial charge in [0, 0.05) is 13.7 Å². The number of hydrogen-bond donors (Lipinski definition) is 0. The van der Waals surface area contributed by atoms with E-state index in [1.165, 1.54) is 11.1 Å². The fourth-order valence-electron chi connectivity index (χ4n) is 2.70. The number of rotatable bonds is 7. The van der Waals surface area contributed by atoms with E-state index in [2.05, 4.69) is 41.5 Å². The smallest absolute Gasteiger partial charge is 0.233 e. The molecule has 0 bridgehead atoms. The van der Waals surface area contributed by atoms with E-state index in [-0.39, 0.29) is 11.3 Å². The van der Waals surface area contributed by atoms with Crippen molar-refractivity contribution in [3.05, 3.63) is 47.3 Å². The van der Waals surface area contributed by atoms with E-state index in [0.717, 1.165) is 12.1 Å². The molecule has 0 spiro atoms. The molecule has 1 aliphatic rings. The maximum Gasteiger partial charge on any atom is 0.233 e. The minimum Gasteiger partial charge on any atom is -0.383 e. The summed E-state index contributed by atoms with van der Waals surface area (Å²) in [6, 6.07) is 8.54. The van der Waals surface area contributed by atoms with Gasteiger partial charge in [-0.15, -0.1) is 16.9 Å². The first kappa shape index (κ1) is 17.0. The zero-order valence-corrected chi connectivity index (χ0v) is 14.8. The number of nitrogens with zero attached hydrogens (tertiary/aromatic N) is 4. The van der Waals surface area contributed by atoms with Crippen LogP contribution in [0.2, 0.25) is 0 Å². The molecule has 1 fully saturated rings. The number of thioether (sulfide) groups is 1. The predicted octanol–water partition coefficient (Wildman–Crippen LogP) is 2.11. The van der Waals surface area contributed by atoms with Crippen molar-refractivity contribution in [1.29, 1.82) is 0 Å². The van der Waals surface area contributed by atoms with Gasteiger partial charge in [0.25, 0.3) is 0 Å². The van der Waals surface area contributed by atoms with Gasteiger partial charge < -0.3 is 9.64 Å². The number of amides is 1. The van der Waals surface area contributed by atoms with Gasteiger partial charge in [-0.2, -0.15) is 0 Å². The Morgan fingerprint density at radius 1 is 1.29 bits per heavy atom. The van der Waals surface area contributed by atoms with E-state index in [1.54, 1.807) is 18.9 Å². The van der Waals surface area contributed by atoms with Crippen LogP contribution < -0.4 is 0 Å². The molecule has 0 saturated carbocycles. The lowest BCUT2D eigenvalue weighted by Gasteiger charge is -2.21. The van der Waals surface area contributed by atoms with Crippen LogP contribution in [0.3, 0.4) is 0 Å². The summed E-state index contributed by atoms with van der Waals surface area (Å²) in [5.41, 5.74) is 3.34. The third-order valence-electron chi connectivity index (χ3n) is 4.09. The van der Waals surface area contributed by atoms with Gasteiger partial charge in [0.2, 0.25) is 5.91 Å². The topological polar surface area (TPSA) is 60.2 Å². The first-order chi connectivity index (χ1) is 11.7. The maximum absolute atomic E-state index is 12.0. The van der Waals surface area contributed by atoms with Crippen molar-refractivity contribution in [1.82, 2.24) is 19.9 Å². The van der Waals surface area contributed by atoms with E-state index in [9.17, 15) is 4.79 Å². The molecule has 1 atom stereocenters. The molecule has 0 radical (unpaired) electrons. The lowest BCUT2D eigenvalue weighted by molar-refractivity contribution is -0.128. The largest absolute Gasteiger partial charge is 0.383 e. The Hall–Kier alpha value is -1.86. The van der Waals surface area contributed by atoms with Gasteiger partial charge in [-0.3, -0.25) is 4.79 Å². The van der Waals surface area contributed by atoms with Crippen LogP contribution in [0.1, 0.15) is 29.1 Å². The molecule has 6 nitrogen and oxygen atoms in total. The Morgan fingerprint density at radius 3 is 2.75 bits per heavy atom. The van der Waals surface area contributed by atoms with Gasteiger partial charge in [-0.1, -0.05) is 36.4 Å². The van der Waals surface area contributed by atoms with Crippen LogP contribution in [-0.4, -0.2) is 51.8 Å². The molecule has 1 aromatic carbocycles. The summed E-state index contributed by atoms with van der Waals surface area (Å²) in [5, 5.41) is 8.43. The third kappa shape index (κ3) is 3.79. The fraction of sp³-hybridized carbons (Fsp3) is 0.471. The molecule has 0 unspecified atom stereocenters. The third-order valence-corrected chi connectivity index (χ3v) is 5.31. The predicted molar refractivity (Wildman–Crippen MR) is 93.7 cm³/mol. The van der Waals surface area contributed by atoms with Crippen molar-refractivity contribution < 1.29 is 9.53 Å². The highest BCUT2D eigenvalue weighted by Gasteiger charge is 2.34. The van der Waals surface area contributed by atoms with Crippen LogP contribution in [0.15, 0.2) is 30.5 Å². The number of aromatic nitrogens is 3. The number of hydrogen-bond acceptors (Lipinski definition) is 5. The second-order valence-electron chi connectivity index (χ2n) is 5.75. The van der Waals surface area contributed by atoms with Crippen LogP contribution in [0, 0.1) is 0 Å². The van der Waals surface area contributed by atoms with Crippen LogP contribution in [-0.2, 0) is 22.5 Å². The first-order valence-corrected chi connectivity index (χ1v) is 9.14. The van der Waals surface area contributed by atoms with Gasteiger partial charge >= 0.3 is 0 Å². The van der Waals surface area contributed by atoms with Gasteiger partial charge in [0.15, 0.2) is 0 Å². The van der Waals surface area contributed by atoms with E-state index in [1.807, 2.05) is 15.8 Å². The van der Waals surface area contributed by atoms with E-state index < -0.39 is 0 Å². The summed E-state index contributed by atoms with van der Waals surface area (Å²) in [7, 11) is 1.64. The highest BCUT2D eigenvalue weighted by Crippen LogP contribution is 2.37. The molecule has 1 aromatic heterocycles. The number of carbonyl (C=O) groups is 1. The molecule has 0 aliphatic carbocycles. The number of methoxy groups -OCH3 is 1. The molecular weight excluding hydrogens is 324 g/mol. The van der Waals surface area contributed by atoms with Crippen LogP contribution in [0.25, 0.3) is 0 Å². The zero-order valence-electron chi connectivity index (χ0n) is 14.0. The van der Waals surface area contributed by atoms with E-state index >= 15 is 0 Å². The van der Waals surface area contributed by atoms with Gasteiger partial charge in [0.1, 0.15) is 11.1 Å². The second-order valence-corrected chi connectivity index (χ2v) is 6.82. The summed E-state index contributed by atoms with van der Waals surface area (Å²) >= 11 is 1.59. The molecule has 7 heteroatoms. The summed E-state index contributed by atoms with van der Waals surface area (Å²) in [5.74, 6) is 0.617. The SMILES string of the molecule is CCc1ccc(Cn2cc([C@H]3SCC(=O)N3CCOC)nn2)cc1. The Bertz CT molecular complexity index is 686. The fourth-order valence-corrected chi connectivity index (χ4v) is 3.85. The summed E-state index contributed by atoms with van der Waals surface area (Å²) in [6.45, 7) is 3.94. The number of ether oxygens (including phenoxy) is 1. The van der Waals surface area contributed by atoms with Crippen molar-refractivity contribution in [2.75, 3.05) is 26.0 Å². The average Bonchev–Trinajstić information content (AvgIpc) is 3.20. The Labute approximate surface area is 146 Å². The molecule has 2 heterocycles. The lowest BCUT2D eigenvalue weighted by atomic mass is 10.1. The van der Waals surface area contributed by atoms with Crippen LogP contribution in [0.4, 0.5) is 0 Å². The van der Waals surface area contributed by atoms with Crippen molar-refractivity contribution in [3.63, 3.8) is 0 Å². The van der Waals surface area contributed by atoms with Crippen molar-refractivity contribution >= 4 is 17.7 Å². The Kier molecular flexibility index (Phi) is 5.52. The number of aryl methyl sites for hydroxylation is 1. The van der Waals surface area contributed by atoms with Crippen molar-refractivity contribution in [2.24, 2.45) is 0 Å². The van der Waals surface area contributed by atoms with Gasteiger partial charge in [-0.05, 0) is 17.5 Å². The lowest BCUT2D eigenvalue weighted by Crippen LogP contribution is -2.31. The number of carbonyl (C=O) groups excluding carboxylic acids is 1. The summed E-state index contributed by atoms with van der Waals surface area (Å²) in [4.78, 5) is 13.8. The average molecular weight is 346 g/mol. The molecule has 2 aromatic rings. The molecule has 1 amide bonds. The molecule has 24 heavy (non-hydrogen) atoms. The monoisotopic (exact) mass is 346 g/mol. The molecule has 0 N–H and O–H groups in total. The summed E-state index contributed by atoms with van der Waals surface area (Å²) < 4.78 is 6.92. The Morgan fingerprint density at radius 2 is 2.04 bits per heavy atom. The van der Waals surface area contributed by atoms with E-state index in [0.29, 0.717) is 25.4 Å². The quantitative estimate of drug-likeness (QED) is 0.768. The minimum atomic E-state index is -0.0659. The van der Waals surface area contributed by atoms with Gasteiger partial charge in [-0.25, -0.2) is 4.68 Å². The molecule has 3 rings (SSSR count). The zero-order chi connectivity index (χ0) is 16.9. The number of benzene rings is 1. The normalized spacial score (nSPS) is 17.7. The van der Waals surface area contributed by atoms with E-state index in [4.69, 9.17) is 4.74 Å². The molecule has 1 aliphatic heterocycles. The summed E-state index contributed by atoms with van der Waals surface area (Å²) in [6.07, 6.45) is 2.97. The van der Waals surface area contributed by atoms with Crippen molar-refractivity contribution in [3.8, 4) is 0 Å². The molecule has 1 saturated heterocycles. The maximum atomic E-state index is 12.0. The highest BCUT2D eigenvalue weighted by atomic mass is 32.2. The standard InChI is InChI=1S/C17H22N4O2S/c1-3-13-4-6-14(7-5-13)10-20-11-15(18-19-20)17-21(8-9-23-2)16(22)12-24-17/h4-7,11,17H,3,8-10,12H2,1-2H3/t17-/m1/s1. The van der Waals surface area contributed by atoms with Crippen molar-refractivity contribution in [2.45, 2.75) is 25.3 Å². The second kappa shape index (κ2) is 7.81. The molecule has 128 valence electrons. The Balaban J connectivity index is 1.69. The van der Waals surface area contributed by atoms with Crippen LogP contribution in [0.5, 0.6) is 0 Å². The first-order valence-electron chi connectivity index (χ1n) is 8.09. The molecular formula is C17H22N4O2S.